The van der Waals surface area contributed by atoms with Gasteiger partial charge in [-0.1, -0.05) is 18.2 Å². The van der Waals surface area contributed by atoms with E-state index < -0.39 is 11.9 Å². The first kappa shape index (κ1) is 17.6. The van der Waals surface area contributed by atoms with Crippen molar-refractivity contribution in [2.45, 2.75) is 12.8 Å². The van der Waals surface area contributed by atoms with Crippen LogP contribution in [0, 0.1) is 0 Å². The van der Waals surface area contributed by atoms with Gasteiger partial charge in [-0.05, 0) is 54.3 Å². The van der Waals surface area contributed by atoms with Crippen LogP contribution in [0.2, 0.25) is 0 Å². The molecule has 2 aromatic heterocycles. The van der Waals surface area contributed by atoms with E-state index in [1.807, 2.05) is 24.3 Å². The number of hydrogen-bond acceptors (Lipinski definition) is 4. The van der Waals surface area contributed by atoms with Crippen molar-refractivity contribution in [3.8, 4) is 11.1 Å². The first-order valence-electron chi connectivity index (χ1n) is 8.75. The van der Waals surface area contributed by atoms with Crippen molar-refractivity contribution in [2.75, 3.05) is 0 Å². The Balaban J connectivity index is 1.76. The van der Waals surface area contributed by atoms with E-state index in [9.17, 15) is 19.8 Å². The lowest BCUT2D eigenvalue weighted by atomic mass is 9.95. The molecule has 0 spiro atoms. The Morgan fingerprint density at radius 3 is 2.39 bits per heavy atom. The van der Waals surface area contributed by atoms with Gasteiger partial charge in [-0.3, -0.25) is 0 Å². The van der Waals surface area contributed by atoms with Gasteiger partial charge in [0.1, 0.15) is 0 Å². The second-order valence-electron chi connectivity index (χ2n) is 6.55. The number of hydrogen-bond donors (Lipinski definition) is 2. The molecule has 0 radical (unpaired) electrons. The largest absolute Gasteiger partial charge is 0.478 e. The van der Waals surface area contributed by atoms with Crippen LogP contribution in [0.1, 0.15) is 28.8 Å². The average Bonchev–Trinajstić information content (AvgIpc) is 2.73. The van der Waals surface area contributed by atoms with Gasteiger partial charge in [0.2, 0.25) is 0 Å². The maximum absolute atomic E-state index is 11.3. The molecule has 0 saturated carbocycles. The number of pyridine rings is 2. The van der Waals surface area contributed by atoms with Gasteiger partial charge >= 0.3 is 11.9 Å². The molecule has 0 bridgehead atoms. The summed E-state index contributed by atoms with van der Waals surface area (Å²) in [5.74, 6) is -1.88. The van der Waals surface area contributed by atoms with Crippen molar-refractivity contribution in [2.24, 2.45) is 0 Å². The molecular weight excluding hydrogens is 356 g/mol. The van der Waals surface area contributed by atoms with Crippen molar-refractivity contribution in [3.63, 3.8) is 0 Å². The molecule has 0 fully saturated rings. The molecule has 28 heavy (non-hydrogen) atoms. The fourth-order valence-electron chi connectivity index (χ4n) is 3.24. The summed E-state index contributed by atoms with van der Waals surface area (Å²) in [5.41, 5.74) is 4.36. The molecule has 0 unspecified atom stereocenters. The smallest absolute Gasteiger partial charge is 0.335 e. The van der Waals surface area contributed by atoms with Crippen molar-refractivity contribution in [3.05, 3.63) is 77.6 Å². The predicted molar refractivity (Wildman–Crippen MR) is 105 cm³/mol. The lowest BCUT2D eigenvalue weighted by molar-refractivity contribution is -0.132. The zero-order valence-electron chi connectivity index (χ0n) is 14.8. The highest BCUT2D eigenvalue weighted by Gasteiger charge is 2.14. The molecule has 6 nitrogen and oxygen atoms in total. The molecule has 0 aliphatic heterocycles. The molecular formula is C22H16N2O4. The number of carboxylic acid groups (broad SMARTS) is 2. The number of carbonyl (C=O) groups is 2. The standard InChI is InChI=1S/C22H16N2O4/c25-21(26)15-5-1-3-13(7-15)18-9-17-10-19(12-24-20(17)23-11-18)14-4-2-6-16(8-14)22(27)28/h1,3-5,7-12H,2,6H2,(H,25,26)(H,27,28). The Kier molecular flexibility index (Phi) is 4.45. The van der Waals surface area contributed by atoms with Gasteiger partial charge in [0.15, 0.2) is 5.65 Å². The van der Waals surface area contributed by atoms with Gasteiger partial charge in [0.25, 0.3) is 0 Å². The van der Waals surface area contributed by atoms with E-state index in [-0.39, 0.29) is 5.56 Å². The van der Waals surface area contributed by atoms with E-state index in [0.717, 1.165) is 27.6 Å². The fourth-order valence-corrected chi connectivity index (χ4v) is 3.24. The summed E-state index contributed by atoms with van der Waals surface area (Å²) in [6.45, 7) is 0. The van der Waals surface area contributed by atoms with Crippen LogP contribution < -0.4 is 0 Å². The van der Waals surface area contributed by atoms with Crippen molar-refractivity contribution in [1.82, 2.24) is 9.97 Å². The monoisotopic (exact) mass is 372 g/mol. The van der Waals surface area contributed by atoms with Crippen LogP contribution in [0.4, 0.5) is 0 Å². The summed E-state index contributed by atoms with van der Waals surface area (Å²) in [6, 6.07) is 10.5. The van der Waals surface area contributed by atoms with Crippen LogP contribution in [0.3, 0.4) is 0 Å². The normalized spacial score (nSPS) is 13.7. The van der Waals surface area contributed by atoms with Crippen LogP contribution in [0.25, 0.3) is 27.7 Å². The minimum atomic E-state index is -0.982. The first-order chi connectivity index (χ1) is 13.5. The van der Waals surface area contributed by atoms with Crippen LogP contribution in [0.15, 0.2) is 66.5 Å². The van der Waals surface area contributed by atoms with Gasteiger partial charge < -0.3 is 10.2 Å². The van der Waals surface area contributed by atoms with E-state index in [1.165, 1.54) is 0 Å². The number of nitrogens with zero attached hydrogens (tertiary/aromatic N) is 2. The Hall–Kier alpha value is -3.80. The highest BCUT2D eigenvalue weighted by Crippen LogP contribution is 2.28. The number of rotatable bonds is 4. The molecule has 1 aromatic carbocycles. The van der Waals surface area contributed by atoms with Crippen LogP contribution in [-0.4, -0.2) is 32.1 Å². The minimum absolute atomic E-state index is 0.211. The summed E-state index contributed by atoms with van der Waals surface area (Å²) in [4.78, 5) is 31.2. The zero-order valence-corrected chi connectivity index (χ0v) is 14.8. The number of carboxylic acids is 2. The van der Waals surface area contributed by atoms with E-state index in [1.54, 1.807) is 36.7 Å². The van der Waals surface area contributed by atoms with Gasteiger partial charge in [-0.2, -0.15) is 0 Å². The molecule has 1 aliphatic rings. The molecule has 3 aromatic rings. The Labute approximate surface area is 160 Å². The van der Waals surface area contributed by atoms with Crippen LogP contribution in [-0.2, 0) is 4.79 Å². The number of aromatic nitrogens is 2. The SMILES string of the molecule is O=C(O)C1=CC(c2cnc3ncc(-c4cccc(C(=O)O)c4)cc3c2)=CCC1. The summed E-state index contributed by atoms with van der Waals surface area (Å²) >= 11 is 0. The number of benzene rings is 1. The lowest BCUT2D eigenvalue weighted by Crippen LogP contribution is -2.03. The van der Waals surface area contributed by atoms with Gasteiger partial charge in [-0.25, -0.2) is 19.6 Å². The quantitative estimate of drug-likeness (QED) is 0.712. The molecule has 0 saturated heterocycles. The van der Waals surface area contributed by atoms with E-state index in [4.69, 9.17) is 0 Å². The Morgan fingerprint density at radius 1 is 0.893 bits per heavy atom. The predicted octanol–water partition coefficient (Wildman–Crippen LogP) is 4.18. The van der Waals surface area contributed by atoms with E-state index >= 15 is 0 Å². The second kappa shape index (κ2) is 7.08. The molecule has 2 heterocycles. The molecule has 2 N–H and O–H groups in total. The number of allylic oxidation sites excluding steroid dienone is 3. The Morgan fingerprint density at radius 2 is 1.64 bits per heavy atom. The van der Waals surface area contributed by atoms with E-state index in [0.29, 0.717) is 24.1 Å². The first-order valence-corrected chi connectivity index (χ1v) is 8.75. The van der Waals surface area contributed by atoms with Crippen molar-refractivity contribution in [1.29, 1.82) is 0 Å². The van der Waals surface area contributed by atoms with Crippen molar-refractivity contribution >= 4 is 28.5 Å². The van der Waals surface area contributed by atoms with Gasteiger partial charge in [0, 0.05) is 34.5 Å². The molecule has 138 valence electrons. The molecule has 1 aliphatic carbocycles. The highest BCUT2D eigenvalue weighted by molar-refractivity contribution is 5.94. The average molecular weight is 372 g/mol. The summed E-state index contributed by atoms with van der Waals surface area (Å²) < 4.78 is 0. The summed E-state index contributed by atoms with van der Waals surface area (Å²) in [6.07, 6.45) is 8.23. The topological polar surface area (TPSA) is 100 Å². The minimum Gasteiger partial charge on any atom is -0.478 e. The molecule has 0 amide bonds. The molecule has 4 rings (SSSR count). The number of fused-ring (bicyclic) bond motifs is 1. The third kappa shape index (κ3) is 3.40. The maximum atomic E-state index is 11.3. The lowest BCUT2D eigenvalue weighted by Gasteiger charge is -2.12. The Bertz CT molecular complexity index is 1180. The van der Waals surface area contributed by atoms with Gasteiger partial charge in [-0.15, -0.1) is 0 Å². The molecule has 6 heteroatoms. The summed E-state index contributed by atoms with van der Waals surface area (Å²) in [7, 11) is 0. The fraction of sp³-hybridized carbons (Fsp3) is 0.0909. The van der Waals surface area contributed by atoms with Crippen LogP contribution in [0.5, 0.6) is 0 Å². The second-order valence-corrected chi connectivity index (χ2v) is 6.55. The van der Waals surface area contributed by atoms with Crippen molar-refractivity contribution < 1.29 is 19.8 Å². The highest BCUT2D eigenvalue weighted by atomic mass is 16.4. The van der Waals surface area contributed by atoms with Gasteiger partial charge in [0.05, 0.1) is 5.56 Å². The van der Waals surface area contributed by atoms with Crippen LogP contribution >= 0.6 is 0 Å². The van der Waals surface area contributed by atoms with E-state index in [2.05, 4.69) is 9.97 Å². The number of aliphatic carboxylic acids is 1. The summed E-state index contributed by atoms with van der Waals surface area (Å²) in [5, 5.41) is 19.2. The zero-order chi connectivity index (χ0) is 19.7. The third-order valence-corrected chi connectivity index (χ3v) is 4.69. The molecule has 0 atom stereocenters. The maximum Gasteiger partial charge on any atom is 0.335 e. The number of aromatic carboxylic acids is 1. The third-order valence-electron chi connectivity index (χ3n) is 4.69.